The van der Waals surface area contributed by atoms with E-state index in [2.05, 4.69) is 41.8 Å². The van der Waals surface area contributed by atoms with Crippen molar-refractivity contribution < 1.29 is 4.74 Å². The van der Waals surface area contributed by atoms with Crippen LogP contribution in [0.25, 0.3) is 22.3 Å². The van der Waals surface area contributed by atoms with Crippen LogP contribution in [0.2, 0.25) is 5.15 Å². The van der Waals surface area contributed by atoms with E-state index in [1.807, 2.05) is 18.2 Å². The van der Waals surface area contributed by atoms with E-state index in [0.29, 0.717) is 34.4 Å². The van der Waals surface area contributed by atoms with Gasteiger partial charge in [-0.05, 0) is 44.9 Å². The Balaban J connectivity index is 1.25. The van der Waals surface area contributed by atoms with Gasteiger partial charge >= 0.3 is 0 Å². The zero-order valence-corrected chi connectivity index (χ0v) is 24.4. The molecule has 2 aliphatic rings. The van der Waals surface area contributed by atoms with Crippen molar-refractivity contribution in [1.29, 1.82) is 0 Å². The molecule has 0 radical (unpaired) electrons. The first-order valence-electron chi connectivity index (χ1n) is 13.7. The third-order valence-corrected chi connectivity index (χ3v) is 9.47. The zero-order chi connectivity index (χ0) is 27.8. The molecule has 1 saturated carbocycles. The Morgan fingerprint density at radius 2 is 1.82 bits per heavy atom. The molecule has 1 aliphatic carbocycles. The SMILES string of the molecule is COc1cc(-c2nn([C@H]3CC[C@H](N4CCN(C)CC4)CC3)c3ncnc(N)c23)ccc1NCc1sc(N)nc1Cl. The normalized spacial score (nSPS) is 20.7. The number of halogens is 1. The lowest BCUT2D eigenvalue weighted by Crippen LogP contribution is -2.49. The molecule has 6 rings (SSSR count). The van der Waals surface area contributed by atoms with Crippen LogP contribution in [0.1, 0.15) is 36.6 Å². The number of anilines is 3. The van der Waals surface area contributed by atoms with Gasteiger partial charge in [0.1, 0.15) is 28.7 Å². The highest BCUT2D eigenvalue weighted by atomic mass is 35.5. The quantitative estimate of drug-likeness (QED) is 0.292. The zero-order valence-electron chi connectivity index (χ0n) is 22.8. The number of hydrogen-bond donors (Lipinski definition) is 3. The molecular formula is C27H35ClN10OS. The molecule has 0 atom stereocenters. The molecule has 40 heavy (non-hydrogen) atoms. The van der Waals surface area contributed by atoms with Crippen molar-refractivity contribution in [3.05, 3.63) is 34.6 Å². The summed E-state index contributed by atoms with van der Waals surface area (Å²) in [5.74, 6) is 1.10. The number of fused-ring (bicyclic) bond motifs is 1. The Hall–Kier alpha value is -3.19. The number of likely N-dealkylation sites (N-methyl/N-ethyl adjacent to an activating group) is 1. The molecule has 4 aromatic rings. The number of thiazole rings is 1. The summed E-state index contributed by atoms with van der Waals surface area (Å²) in [6.45, 7) is 5.09. The average Bonchev–Trinajstić information content (AvgIpc) is 3.52. The maximum absolute atomic E-state index is 6.41. The molecule has 1 aliphatic heterocycles. The van der Waals surface area contributed by atoms with Gasteiger partial charge in [0.2, 0.25) is 0 Å². The van der Waals surface area contributed by atoms with E-state index in [4.69, 9.17) is 32.9 Å². The second kappa shape index (κ2) is 11.4. The number of benzene rings is 1. The maximum Gasteiger partial charge on any atom is 0.181 e. The van der Waals surface area contributed by atoms with E-state index in [1.165, 1.54) is 17.7 Å². The third-order valence-electron chi connectivity index (χ3n) is 8.17. The summed E-state index contributed by atoms with van der Waals surface area (Å²) in [5.41, 5.74) is 15.5. The molecule has 0 amide bonds. The van der Waals surface area contributed by atoms with Crippen LogP contribution in [0.3, 0.4) is 0 Å². The van der Waals surface area contributed by atoms with Gasteiger partial charge in [0.05, 0.1) is 35.6 Å². The second-order valence-electron chi connectivity index (χ2n) is 10.6. The molecule has 0 spiro atoms. The Morgan fingerprint density at radius 3 is 2.52 bits per heavy atom. The molecule has 11 nitrogen and oxygen atoms in total. The lowest BCUT2D eigenvalue weighted by Gasteiger charge is -2.41. The van der Waals surface area contributed by atoms with Crippen molar-refractivity contribution in [1.82, 2.24) is 34.5 Å². The minimum Gasteiger partial charge on any atom is -0.495 e. The molecule has 1 aromatic carbocycles. The van der Waals surface area contributed by atoms with E-state index in [9.17, 15) is 0 Å². The molecule has 212 valence electrons. The van der Waals surface area contributed by atoms with Crippen LogP contribution in [0.15, 0.2) is 24.5 Å². The highest BCUT2D eigenvalue weighted by Crippen LogP contribution is 2.39. The molecule has 0 unspecified atom stereocenters. The van der Waals surface area contributed by atoms with Crippen molar-refractivity contribution in [2.24, 2.45) is 0 Å². The highest BCUT2D eigenvalue weighted by Gasteiger charge is 2.30. The summed E-state index contributed by atoms with van der Waals surface area (Å²) in [7, 11) is 3.85. The minimum absolute atomic E-state index is 0.272. The Morgan fingerprint density at radius 1 is 1.07 bits per heavy atom. The first kappa shape index (κ1) is 27.0. The number of aromatic nitrogens is 5. The van der Waals surface area contributed by atoms with Gasteiger partial charge in [-0.25, -0.2) is 19.6 Å². The van der Waals surface area contributed by atoms with Gasteiger partial charge < -0.3 is 26.4 Å². The lowest BCUT2D eigenvalue weighted by molar-refractivity contribution is 0.0815. The summed E-state index contributed by atoms with van der Waals surface area (Å²) in [6.07, 6.45) is 5.98. The van der Waals surface area contributed by atoms with Gasteiger partial charge in [-0.15, -0.1) is 0 Å². The van der Waals surface area contributed by atoms with Gasteiger partial charge in [0, 0.05) is 37.8 Å². The number of piperazine rings is 1. The summed E-state index contributed by atoms with van der Waals surface area (Å²) < 4.78 is 7.82. The van der Waals surface area contributed by atoms with E-state index in [1.54, 1.807) is 7.11 Å². The van der Waals surface area contributed by atoms with Crippen LogP contribution in [0, 0.1) is 0 Å². The van der Waals surface area contributed by atoms with Crippen LogP contribution in [0.4, 0.5) is 16.6 Å². The van der Waals surface area contributed by atoms with E-state index < -0.39 is 0 Å². The van der Waals surface area contributed by atoms with Crippen LogP contribution in [0.5, 0.6) is 5.75 Å². The Kier molecular flexibility index (Phi) is 7.67. The molecule has 4 heterocycles. The van der Waals surface area contributed by atoms with Gasteiger partial charge in [0.15, 0.2) is 10.8 Å². The first-order valence-corrected chi connectivity index (χ1v) is 14.8. The number of ether oxygens (including phenoxy) is 1. The minimum atomic E-state index is 0.272. The van der Waals surface area contributed by atoms with Crippen LogP contribution < -0.4 is 21.5 Å². The highest BCUT2D eigenvalue weighted by molar-refractivity contribution is 7.15. The van der Waals surface area contributed by atoms with Gasteiger partial charge in [-0.2, -0.15) is 5.10 Å². The molecule has 3 aromatic heterocycles. The number of nitrogens with one attached hydrogen (secondary N) is 1. The number of rotatable bonds is 7. The monoisotopic (exact) mass is 582 g/mol. The number of hydrogen-bond acceptors (Lipinski definition) is 11. The topological polar surface area (TPSA) is 136 Å². The van der Waals surface area contributed by atoms with Crippen molar-refractivity contribution in [3.8, 4) is 17.0 Å². The predicted molar refractivity (Wildman–Crippen MR) is 161 cm³/mol. The fraction of sp³-hybridized carbons (Fsp3) is 0.481. The molecule has 5 N–H and O–H groups in total. The van der Waals surface area contributed by atoms with Crippen molar-refractivity contribution >= 4 is 50.6 Å². The number of nitrogens with two attached hydrogens (primary N) is 2. The van der Waals surface area contributed by atoms with Gasteiger partial charge in [-0.3, -0.25) is 4.90 Å². The summed E-state index contributed by atoms with van der Waals surface area (Å²) in [4.78, 5) is 19.0. The van der Waals surface area contributed by atoms with Gasteiger partial charge in [-0.1, -0.05) is 29.0 Å². The third kappa shape index (κ3) is 5.28. The number of nitrogens with zero attached hydrogens (tertiary/aromatic N) is 7. The molecular weight excluding hydrogens is 548 g/mol. The Bertz CT molecular complexity index is 1490. The number of nitrogen functional groups attached to an aromatic ring is 2. The lowest BCUT2D eigenvalue weighted by atomic mass is 9.90. The summed E-state index contributed by atoms with van der Waals surface area (Å²) in [5, 5.41) is 10.1. The summed E-state index contributed by atoms with van der Waals surface area (Å²) in [6, 6.07) is 6.86. The maximum atomic E-state index is 6.41. The van der Waals surface area contributed by atoms with Crippen molar-refractivity contribution in [3.63, 3.8) is 0 Å². The second-order valence-corrected chi connectivity index (χ2v) is 12.1. The summed E-state index contributed by atoms with van der Waals surface area (Å²) >= 11 is 7.55. The first-order chi connectivity index (χ1) is 19.4. The molecule has 0 bridgehead atoms. The van der Waals surface area contributed by atoms with E-state index >= 15 is 0 Å². The molecule has 1 saturated heterocycles. The van der Waals surface area contributed by atoms with Crippen molar-refractivity contribution in [2.75, 3.05) is 57.1 Å². The van der Waals surface area contributed by atoms with Crippen molar-refractivity contribution in [2.45, 2.75) is 44.3 Å². The molecule has 2 fully saturated rings. The standard InChI is InChI=1S/C27H35ClN10OS/c1-36-9-11-37(12-10-36)17-4-6-18(7-5-17)38-26-22(25(29)32-15-33-26)23(35-38)16-3-8-19(20(13-16)39-2)31-14-21-24(28)34-27(30)40-21/h3,8,13,15,17-18,31H,4-7,9-12,14H2,1-2H3,(H2,30,34)(H2,29,32,33)/t17-,18-. The number of methoxy groups -OCH3 is 1. The van der Waals surface area contributed by atoms with Crippen LogP contribution in [-0.4, -0.2) is 80.9 Å². The van der Waals surface area contributed by atoms with Gasteiger partial charge in [0.25, 0.3) is 0 Å². The van der Waals surface area contributed by atoms with E-state index in [-0.39, 0.29) is 6.04 Å². The fourth-order valence-corrected chi connectivity index (χ4v) is 6.91. The Labute approximate surface area is 242 Å². The molecule has 13 heteroatoms. The van der Waals surface area contributed by atoms with Crippen LogP contribution in [-0.2, 0) is 6.54 Å². The van der Waals surface area contributed by atoms with Crippen LogP contribution >= 0.6 is 22.9 Å². The largest absolute Gasteiger partial charge is 0.495 e. The smallest absolute Gasteiger partial charge is 0.181 e. The average molecular weight is 583 g/mol. The fourth-order valence-electron chi connectivity index (χ4n) is 5.93. The predicted octanol–water partition coefficient (Wildman–Crippen LogP) is 4.12. The van der Waals surface area contributed by atoms with E-state index in [0.717, 1.165) is 84.7 Å².